The van der Waals surface area contributed by atoms with E-state index < -0.39 is 0 Å². The molecule has 27 heavy (non-hydrogen) atoms. The minimum Gasteiger partial charge on any atom is -0.310 e. The number of aromatic amines is 1. The molecule has 0 aliphatic heterocycles. The first kappa shape index (κ1) is 17.1. The number of amides is 1. The molecule has 1 amide bonds. The maximum Gasteiger partial charge on any atom is 0.259 e. The first-order valence-electron chi connectivity index (χ1n) is 9.46. The highest BCUT2D eigenvalue weighted by atomic mass is 32.1. The van der Waals surface area contributed by atoms with Gasteiger partial charge in [-0.1, -0.05) is 0 Å². The summed E-state index contributed by atoms with van der Waals surface area (Å²) in [6.07, 6.45) is 7.43. The molecule has 140 valence electrons. The van der Waals surface area contributed by atoms with Gasteiger partial charge < -0.3 is 10.3 Å². The first-order chi connectivity index (χ1) is 13.2. The van der Waals surface area contributed by atoms with Gasteiger partial charge in [0.05, 0.1) is 11.1 Å². The van der Waals surface area contributed by atoms with Gasteiger partial charge in [-0.15, -0.1) is 22.7 Å². The molecule has 0 atom stereocenters. The van der Waals surface area contributed by atoms with Crippen LogP contribution in [-0.4, -0.2) is 20.9 Å². The van der Waals surface area contributed by atoms with Crippen LogP contribution in [0.15, 0.2) is 10.2 Å². The van der Waals surface area contributed by atoms with Gasteiger partial charge in [0.2, 0.25) is 5.91 Å². The highest BCUT2D eigenvalue weighted by Crippen LogP contribution is 2.40. The second-order valence-electron chi connectivity index (χ2n) is 7.30. The van der Waals surface area contributed by atoms with Crippen molar-refractivity contribution in [3.63, 3.8) is 0 Å². The Kier molecular flexibility index (Phi) is 4.32. The summed E-state index contributed by atoms with van der Waals surface area (Å²) in [5.41, 5.74) is 2.21. The van der Waals surface area contributed by atoms with Crippen LogP contribution in [-0.2, 0) is 24.1 Å². The number of aromatic nitrogens is 3. The van der Waals surface area contributed by atoms with Crippen molar-refractivity contribution in [1.82, 2.24) is 15.0 Å². The van der Waals surface area contributed by atoms with E-state index >= 15 is 0 Å². The van der Waals surface area contributed by atoms with E-state index in [0.29, 0.717) is 23.3 Å². The Bertz CT molecular complexity index is 1080. The minimum absolute atomic E-state index is 0.0659. The summed E-state index contributed by atoms with van der Waals surface area (Å²) in [6.45, 7) is 0. The zero-order valence-corrected chi connectivity index (χ0v) is 16.5. The molecule has 2 aliphatic carbocycles. The van der Waals surface area contributed by atoms with Crippen LogP contribution in [0, 0.1) is 0 Å². The van der Waals surface area contributed by atoms with Crippen molar-refractivity contribution in [3.8, 4) is 0 Å². The summed E-state index contributed by atoms with van der Waals surface area (Å²) < 4.78 is 0. The number of carbonyl (C=O) groups is 1. The second-order valence-corrected chi connectivity index (χ2v) is 9.25. The highest BCUT2D eigenvalue weighted by molar-refractivity contribution is 7.18. The molecule has 0 saturated heterocycles. The van der Waals surface area contributed by atoms with Crippen LogP contribution in [0.2, 0.25) is 0 Å². The van der Waals surface area contributed by atoms with Crippen LogP contribution in [0.3, 0.4) is 0 Å². The van der Waals surface area contributed by atoms with Gasteiger partial charge in [0.1, 0.15) is 10.7 Å². The molecule has 8 heteroatoms. The number of thiazole rings is 1. The Balaban J connectivity index is 1.28. The molecule has 0 unspecified atom stereocenters. The molecule has 1 saturated carbocycles. The zero-order valence-electron chi connectivity index (χ0n) is 14.8. The molecule has 3 aromatic rings. The molecule has 1 fully saturated rings. The quantitative estimate of drug-likeness (QED) is 0.682. The number of aryl methyl sites for hydroxylation is 3. The minimum atomic E-state index is -0.0973. The number of thiophene rings is 1. The van der Waals surface area contributed by atoms with Gasteiger partial charge >= 0.3 is 0 Å². The van der Waals surface area contributed by atoms with Gasteiger partial charge in [-0.05, 0) is 44.1 Å². The van der Waals surface area contributed by atoms with Crippen molar-refractivity contribution < 1.29 is 4.79 Å². The largest absolute Gasteiger partial charge is 0.310 e. The van der Waals surface area contributed by atoms with Gasteiger partial charge in [0.25, 0.3) is 5.56 Å². The highest BCUT2D eigenvalue weighted by Gasteiger charge is 2.26. The molecule has 2 aliphatic rings. The maximum absolute atomic E-state index is 12.5. The molecule has 0 aromatic carbocycles. The predicted octanol–water partition coefficient (Wildman–Crippen LogP) is 3.77. The van der Waals surface area contributed by atoms with Crippen molar-refractivity contribution >= 4 is 43.9 Å². The smallest absolute Gasteiger partial charge is 0.259 e. The van der Waals surface area contributed by atoms with Crippen LogP contribution in [0.5, 0.6) is 0 Å². The average molecular weight is 401 g/mol. The molecule has 5 rings (SSSR count). The third kappa shape index (κ3) is 3.43. The van der Waals surface area contributed by atoms with E-state index in [4.69, 9.17) is 0 Å². The first-order valence-corrected chi connectivity index (χ1v) is 11.2. The predicted molar refractivity (Wildman–Crippen MR) is 108 cm³/mol. The van der Waals surface area contributed by atoms with Crippen molar-refractivity contribution in [3.05, 3.63) is 37.7 Å². The van der Waals surface area contributed by atoms with Gasteiger partial charge in [-0.3, -0.25) is 9.59 Å². The van der Waals surface area contributed by atoms with Crippen LogP contribution in [0.1, 0.15) is 60.0 Å². The van der Waals surface area contributed by atoms with Gasteiger partial charge in [0.15, 0.2) is 5.13 Å². The number of fused-ring (bicyclic) bond motifs is 3. The van der Waals surface area contributed by atoms with Gasteiger partial charge in [0, 0.05) is 29.0 Å². The Morgan fingerprint density at radius 1 is 1.26 bits per heavy atom. The van der Waals surface area contributed by atoms with Crippen LogP contribution in [0.25, 0.3) is 10.2 Å². The van der Waals surface area contributed by atoms with E-state index in [1.54, 1.807) is 11.3 Å². The number of carbonyl (C=O) groups excluding carboxylic acids is 1. The fourth-order valence-corrected chi connectivity index (χ4v) is 5.74. The Labute approximate surface area is 164 Å². The number of rotatable bonds is 5. The van der Waals surface area contributed by atoms with Crippen molar-refractivity contribution in [2.24, 2.45) is 0 Å². The average Bonchev–Trinajstić information content (AvgIpc) is 3.28. The van der Waals surface area contributed by atoms with Gasteiger partial charge in [-0.25, -0.2) is 9.97 Å². The molecule has 3 aromatic heterocycles. The molecule has 6 nitrogen and oxygen atoms in total. The normalized spacial score (nSPS) is 16.4. The number of hydrogen-bond donors (Lipinski definition) is 2. The SMILES string of the molecule is O=C(CCc1nc2sc3c(c2c(=O)[nH]1)CCCC3)Nc1nc(C2CC2)cs1. The van der Waals surface area contributed by atoms with E-state index in [2.05, 4.69) is 20.3 Å². The molecular weight excluding hydrogens is 380 g/mol. The lowest BCUT2D eigenvalue weighted by molar-refractivity contribution is -0.116. The third-order valence-corrected chi connectivity index (χ3v) is 7.19. The summed E-state index contributed by atoms with van der Waals surface area (Å²) in [5.74, 6) is 1.07. The molecule has 0 spiro atoms. The van der Waals surface area contributed by atoms with Gasteiger partial charge in [-0.2, -0.15) is 0 Å². The lowest BCUT2D eigenvalue weighted by Gasteiger charge is -2.09. The number of anilines is 1. The summed E-state index contributed by atoms with van der Waals surface area (Å²) in [4.78, 5) is 38.9. The third-order valence-electron chi connectivity index (χ3n) is 5.23. The number of nitrogens with one attached hydrogen (secondary N) is 2. The maximum atomic E-state index is 12.5. The summed E-state index contributed by atoms with van der Waals surface area (Å²) in [5, 5.41) is 6.30. The molecule has 0 radical (unpaired) electrons. The zero-order chi connectivity index (χ0) is 18.4. The summed E-state index contributed by atoms with van der Waals surface area (Å²) >= 11 is 3.11. The molecule has 2 N–H and O–H groups in total. The van der Waals surface area contributed by atoms with Crippen LogP contribution in [0.4, 0.5) is 5.13 Å². The lowest BCUT2D eigenvalue weighted by Crippen LogP contribution is -2.16. The topological polar surface area (TPSA) is 87.7 Å². The van der Waals surface area contributed by atoms with Crippen molar-refractivity contribution in [2.45, 2.75) is 57.3 Å². The fraction of sp³-hybridized carbons (Fsp3) is 0.474. The second kappa shape index (κ2) is 6.83. The van der Waals surface area contributed by atoms with E-state index in [0.717, 1.165) is 35.2 Å². The number of H-pyrrole nitrogens is 1. The Morgan fingerprint density at radius 3 is 2.96 bits per heavy atom. The number of hydrogen-bond acceptors (Lipinski definition) is 6. The molecule has 3 heterocycles. The summed E-state index contributed by atoms with van der Waals surface area (Å²) in [6, 6.07) is 0. The summed E-state index contributed by atoms with van der Waals surface area (Å²) in [7, 11) is 0. The Hall–Kier alpha value is -2.06. The van der Waals surface area contributed by atoms with Crippen LogP contribution >= 0.6 is 22.7 Å². The Morgan fingerprint density at radius 2 is 2.11 bits per heavy atom. The number of nitrogens with zero attached hydrogens (tertiary/aromatic N) is 2. The van der Waals surface area contributed by atoms with Crippen molar-refractivity contribution in [2.75, 3.05) is 5.32 Å². The monoisotopic (exact) mass is 400 g/mol. The van der Waals surface area contributed by atoms with E-state index in [1.165, 1.54) is 41.0 Å². The fourth-order valence-electron chi connectivity index (χ4n) is 3.65. The molecular formula is C19H20N4O2S2. The lowest BCUT2D eigenvalue weighted by atomic mass is 9.97. The van der Waals surface area contributed by atoms with Crippen molar-refractivity contribution in [1.29, 1.82) is 0 Å². The van der Waals surface area contributed by atoms with E-state index in [9.17, 15) is 9.59 Å². The van der Waals surface area contributed by atoms with Crippen LogP contribution < -0.4 is 10.9 Å². The van der Waals surface area contributed by atoms with E-state index in [-0.39, 0.29) is 17.9 Å². The van der Waals surface area contributed by atoms with E-state index in [1.807, 2.05) is 5.38 Å². The standard InChI is InChI=1S/C19H20N4O2S2/c24-15(23-19-20-12(9-26-19)10-5-6-10)8-7-14-21-17(25)16-11-3-1-2-4-13(11)27-18(16)22-14/h9-10H,1-8H2,(H,20,23,24)(H,21,22,25). The molecule has 0 bridgehead atoms.